The van der Waals surface area contributed by atoms with Gasteiger partial charge in [0.2, 0.25) is 0 Å². The van der Waals surface area contributed by atoms with Gasteiger partial charge in [-0.15, -0.1) is 0 Å². The Kier molecular flexibility index (Phi) is 3.39. The van der Waals surface area contributed by atoms with Crippen LogP contribution in [0.1, 0.15) is 21.7 Å². The van der Waals surface area contributed by atoms with Crippen LogP contribution in [0.2, 0.25) is 5.15 Å². The first-order valence-corrected chi connectivity index (χ1v) is 5.92. The van der Waals surface area contributed by atoms with E-state index in [4.69, 9.17) is 11.6 Å². The predicted octanol–water partition coefficient (Wildman–Crippen LogP) is 2.94. The van der Waals surface area contributed by atoms with Crippen molar-refractivity contribution in [3.05, 3.63) is 46.5 Å². The molecule has 0 spiro atoms. The summed E-state index contributed by atoms with van der Waals surface area (Å²) in [6, 6.07) is 5.47. The largest absolute Gasteiger partial charge is 0.344 e. The van der Waals surface area contributed by atoms with Crippen molar-refractivity contribution in [1.29, 1.82) is 0 Å². The van der Waals surface area contributed by atoms with Crippen molar-refractivity contribution >= 4 is 23.2 Å². The van der Waals surface area contributed by atoms with E-state index < -0.39 is 0 Å². The molecule has 94 valence electrons. The maximum absolute atomic E-state index is 12.1. The van der Waals surface area contributed by atoms with Gasteiger partial charge in [-0.25, -0.2) is 4.98 Å². The molecule has 4 nitrogen and oxygen atoms in total. The van der Waals surface area contributed by atoms with Crippen molar-refractivity contribution in [1.82, 2.24) is 9.55 Å². The number of hydrogen-bond acceptors (Lipinski definition) is 2. The Labute approximate surface area is 111 Å². The van der Waals surface area contributed by atoms with Crippen molar-refractivity contribution in [2.75, 3.05) is 5.32 Å². The zero-order valence-electron chi connectivity index (χ0n) is 10.5. The summed E-state index contributed by atoms with van der Waals surface area (Å²) >= 11 is 5.94. The molecule has 18 heavy (non-hydrogen) atoms. The Morgan fingerprint density at radius 3 is 2.72 bits per heavy atom. The summed E-state index contributed by atoms with van der Waals surface area (Å²) in [5, 5.41) is 3.06. The van der Waals surface area contributed by atoms with Crippen molar-refractivity contribution in [3.8, 4) is 0 Å². The smallest absolute Gasteiger partial charge is 0.272 e. The molecule has 5 heteroatoms. The number of carbonyl (C=O) groups excluding carboxylic acids is 1. The zero-order chi connectivity index (χ0) is 13.3. The number of halogens is 1. The number of anilines is 1. The van der Waals surface area contributed by atoms with Gasteiger partial charge in [0.1, 0.15) is 5.69 Å². The normalized spacial score (nSPS) is 10.4. The van der Waals surface area contributed by atoms with E-state index in [0.717, 1.165) is 11.3 Å². The average molecular weight is 264 g/mol. The zero-order valence-corrected chi connectivity index (χ0v) is 11.2. The number of aromatic nitrogens is 2. The highest BCUT2D eigenvalue weighted by Gasteiger charge is 2.13. The van der Waals surface area contributed by atoms with Crippen LogP contribution in [0.4, 0.5) is 5.69 Å². The lowest BCUT2D eigenvalue weighted by molar-refractivity contribution is 0.101. The fourth-order valence-corrected chi connectivity index (χ4v) is 1.82. The van der Waals surface area contributed by atoms with Crippen LogP contribution in [0, 0.1) is 13.8 Å². The first kappa shape index (κ1) is 12.6. The van der Waals surface area contributed by atoms with Crippen molar-refractivity contribution in [2.24, 2.45) is 7.05 Å². The Hall–Kier alpha value is -1.81. The van der Waals surface area contributed by atoms with Crippen molar-refractivity contribution in [3.63, 3.8) is 0 Å². The molecule has 0 fully saturated rings. The standard InChI is InChI=1S/C13H14ClN3O/c1-8-6-10(12(14)15-7-8)16-13(18)11-5-4-9(2)17(11)3/h4-7H,1-3H3,(H,16,18). The predicted molar refractivity (Wildman–Crippen MR) is 72.1 cm³/mol. The summed E-state index contributed by atoms with van der Waals surface area (Å²) in [5.74, 6) is -0.195. The van der Waals surface area contributed by atoms with Crippen LogP contribution in [0.5, 0.6) is 0 Å². The van der Waals surface area contributed by atoms with Gasteiger partial charge in [-0.1, -0.05) is 11.6 Å². The Morgan fingerprint density at radius 1 is 1.39 bits per heavy atom. The Bertz CT molecular complexity index is 604. The lowest BCUT2D eigenvalue weighted by Crippen LogP contribution is -2.16. The van der Waals surface area contributed by atoms with E-state index in [1.54, 1.807) is 18.3 Å². The van der Waals surface area contributed by atoms with Gasteiger partial charge in [-0.2, -0.15) is 0 Å². The highest BCUT2D eigenvalue weighted by molar-refractivity contribution is 6.32. The van der Waals surface area contributed by atoms with Crippen LogP contribution in [0.15, 0.2) is 24.4 Å². The molecule has 0 saturated carbocycles. The fourth-order valence-electron chi connectivity index (χ4n) is 1.67. The quantitative estimate of drug-likeness (QED) is 0.847. The average Bonchev–Trinajstić information content (AvgIpc) is 2.65. The number of nitrogens with zero attached hydrogens (tertiary/aromatic N) is 2. The maximum atomic E-state index is 12.1. The molecule has 1 amide bonds. The van der Waals surface area contributed by atoms with Crippen LogP contribution in [0.3, 0.4) is 0 Å². The lowest BCUT2D eigenvalue weighted by Gasteiger charge is -2.08. The van der Waals surface area contributed by atoms with Crippen LogP contribution >= 0.6 is 11.6 Å². The highest BCUT2D eigenvalue weighted by Crippen LogP contribution is 2.20. The van der Waals surface area contributed by atoms with Crippen LogP contribution in [-0.4, -0.2) is 15.5 Å². The Morgan fingerprint density at radius 2 is 2.11 bits per heavy atom. The number of amides is 1. The first-order chi connectivity index (χ1) is 8.49. The number of nitrogens with one attached hydrogen (secondary N) is 1. The highest BCUT2D eigenvalue weighted by atomic mass is 35.5. The number of carbonyl (C=O) groups is 1. The number of hydrogen-bond donors (Lipinski definition) is 1. The molecule has 0 unspecified atom stereocenters. The van der Waals surface area contributed by atoms with Gasteiger partial charge in [-0.3, -0.25) is 4.79 Å². The molecule has 0 aliphatic heterocycles. The van der Waals surface area contributed by atoms with Crippen LogP contribution < -0.4 is 5.32 Å². The third-order valence-electron chi connectivity index (χ3n) is 2.83. The second kappa shape index (κ2) is 4.82. The molecule has 0 atom stereocenters. The summed E-state index contributed by atoms with van der Waals surface area (Å²) in [6.07, 6.45) is 1.66. The van der Waals surface area contributed by atoms with E-state index in [1.165, 1.54) is 0 Å². The molecule has 0 bridgehead atoms. The van der Waals surface area contributed by atoms with Gasteiger partial charge in [0.05, 0.1) is 5.69 Å². The first-order valence-electron chi connectivity index (χ1n) is 5.55. The van der Waals surface area contributed by atoms with Gasteiger partial charge < -0.3 is 9.88 Å². The topological polar surface area (TPSA) is 46.9 Å². The van der Waals surface area contributed by atoms with E-state index >= 15 is 0 Å². The molecule has 2 heterocycles. The SMILES string of the molecule is Cc1cnc(Cl)c(NC(=O)c2ccc(C)n2C)c1. The third kappa shape index (κ3) is 2.38. The molecular weight excluding hydrogens is 250 g/mol. The molecule has 0 saturated heterocycles. The molecule has 0 aliphatic rings. The van der Waals surface area contributed by atoms with Gasteiger partial charge in [0.15, 0.2) is 5.15 Å². The minimum absolute atomic E-state index is 0.195. The summed E-state index contributed by atoms with van der Waals surface area (Å²) in [7, 11) is 1.85. The van der Waals surface area contributed by atoms with Gasteiger partial charge in [0, 0.05) is 18.9 Å². The van der Waals surface area contributed by atoms with Crippen molar-refractivity contribution < 1.29 is 4.79 Å². The summed E-state index contributed by atoms with van der Waals surface area (Å²) in [5.41, 5.74) is 3.08. The molecule has 0 aliphatic carbocycles. The minimum Gasteiger partial charge on any atom is -0.344 e. The summed E-state index contributed by atoms with van der Waals surface area (Å²) < 4.78 is 1.83. The van der Waals surface area contributed by atoms with Crippen molar-refractivity contribution in [2.45, 2.75) is 13.8 Å². The van der Waals surface area contributed by atoms with E-state index in [0.29, 0.717) is 16.5 Å². The van der Waals surface area contributed by atoms with E-state index in [2.05, 4.69) is 10.3 Å². The second-order valence-electron chi connectivity index (χ2n) is 4.22. The Balaban J connectivity index is 2.27. The maximum Gasteiger partial charge on any atom is 0.272 e. The van der Waals surface area contributed by atoms with Gasteiger partial charge in [0.25, 0.3) is 5.91 Å². The second-order valence-corrected chi connectivity index (χ2v) is 4.58. The third-order valence-corrected chi connectivity index (χ3v) is 3.13. The van der Waals surface area contributed by atoms with E-state index in [1.807, 2.05) is 31.5 Å². The summed E-state index contributed by atoms with van der Waals surface area (Å²) in [6.45, 7) is 3.84. The number of rotatable bonds is 2. The van der Waals surface area contributed by atoms with Gasteiger partial charge in [-0.05, 0) is 37.6 Å². The molecule has 2 rings (SSSR count). The molecule has 0 aromatic carbocycles. The monoisotopic (exact) mass is 263 g/mol. The molecule has 1 N–H and O–H groups in total. The van der Waals surface area contributed by atoms with E-state index in [9.17, 15) is 4.79 Å². The molecular formula is C13H14ClN3O. The molecule has 2 aromatic rings. The van der Waals surface area contributed by atoms with E-state index in [-0.39, 0.29) is 5.91 Å². The lowest BCUT2D eigenvalue weighted by atomic mass is 10.3. The van der Waals surface area contributed by atoms with Gasteiger partial charge >= 0.3 is 0 Å². The fraction of sp³-hybridized carbons (Fsp3) is 0.231. The number of aryl methyl sites for hydroxylation is 2. The summed E-state index contributed by atoms with van der Waals surface area (Å²) in [4.78, 5) is 16.1. The number of pyridine rings is 1. The molecule has 2 aromatic heterocycles. The van der Waals surface area contributed by atoms with Crippen LogP contribution in [0.25, 0.3) is 0 Å². The van der Waals surface area contributed by atoms with Crippen LogP contribution in [-0.2, 0) is 7.05 Å². The minimum atomic E-state index is -0.195. The molecule has 0 radical (unpaired) electrons.